The normalized spacial score (nSPS) is 11.4. The number of fused-ring (bicyclic) bond motifs is 1. The summed E-state index contributed by atoms with van der Waals surface area (Å²) in [5.74, 6) is 0. The molecule has 0 aliphatic rings. The first-order chi connectivity index (χ1) is 6.09. The quantitative estimate of drug-likeness (QED) is 0.594. The van der Waals surface area contributed by atoms with E-state index in [2.05, 4.69) is 9.97 Å². The Hall–Kier alpha value is 0.181. The Balaban J connectivity index is 0.000000980. The molecule has 2 heterocycles. The number of nitrogens with zero attached hydrogens (tertiary/aromatic N) is 1. The third kappa shape index (κ3) is 2.22. The van der Waals surface area contributed by atoms with Gasteiger partial charge >= 0.3 is 58.4 Å². The molecule has 0 atom stereocenters. The van der Waals surface area contributed by atoms with Gasteiger partial charge in [0.1, 0.15) is 5.65 Å². The van der Waals surface area contributed by atoms with Gasteiger partial charge in [0.05, 0.1) is 0 Å². The number of hydrogen-bond acceptors (Lipinski definition) is 1. The number of pyridine rings is 1. The molecule has 0 spiro atoms. The number of rotatable bonds is 1. The summed E-state index contributed by atoms with van der Waals surface area (Å²) >= 11 is 0. The third-order valence-electron chi connectivity index (χ3n) is 1.84. The summed E-state index contributed by atoms with van der Waals surface area (Å²) in [5.41, 5.74) is -0.334. The third-order valence-corrected chi connectivity index (χ3v) is 1.84. The molecule has 68 valence electrons. The van der Waals surface area contributed by atoms with Crippen molar-refractivity contribution in [3.8, 4) is 0 Å². The summed E-state index contributed by atoms with van der Waals surface area (Å²) in [6, 6.07) is 2.89. The molecule has 14 heavy (non-hydrogen) atoms. The Labute approximate surface area is 121 Å². The maximum Gasteiger partial charge on any atom is 1.00 e. The average molecular weight is 224 g/mol. The molecule has 0 fully saturated rings. The van der Waals surface area contributed by atoms with Crippen LogP contribution in [0.2, 0.25) is 0 Å². The van der Waals surface area contributed by atoms with Gasteiger partial charge in [-0.05, 0) is 17.6 Å². The predicted octanol–water partition coefficient (Wildman–Crippen LogP) is -1.38. The van der Waals surface area contributed by atoms with Crippen molar-refractivity contribution in [3.05, 3.63) is 24.5 Å². The minimum atomic E-state index is -4.95. The monoisotopic (exact) mass is 224 g/mol. The maximum absolute atomic E-state index is 12.4. The van der Waals surface area contributed by atoms with Gasteiger partial charge in [0.25, 0.3) is 0 Å². The predicted molar refractivity (Wildman–Crippen MR) is 44.8 cm³/mol. The maximum atomic E-state index is 12.4. The summed E-state index contributed by atoms with van der Waals surface area (Å²) in [6.07, 6.45) is 2.41. The second kappa shape index (κ2) is 4.36. The Bertz CT molecular complexity index is 440. The minimum Gasteiger partial charge on any atom is -0.445 e. The van der Waals surface area contributed by atoms with E-state index in [4.69, 9.17) is 0 Å². The van der Waals surface area contributed by atoms with Crippen molar-refractivity contribution in [2.24, 2.45) is 0 Å². The fourth-order valence-corrected chi connectivity index (χ4v) is 1.25. The van der Waals surface area contributed by atoms with Crippen LogP contribution in [-0.2, 0) is 0 Å². The van der Waals surface area contributed by atoms with Crippen LogP contribution in [0, 0.1) is 0 Å². The number of aromatic nitrogens is 2. The van der Waals surface area contributed by atoms with Crippen molar-refractivity contribution < 1.29 is 64.3 Å². The van der Waals surface area contributed by atoms with Gasteiger partial charge in [-0.2, -0.15) is 0 Å². The van der Waals surface area contributed by atoms with E-state index in [1.54, 1.807) is 0 Å². The molecule has 0 radical (unpaired) electrons. The van der Waals surface area contributed by atoms with Crippen LogP contribution in [0.1, 0.15) is 0 Å². The number of nitrogens with one attached hydrogen (secondary N) is 1. The van der Waals surface area contributed by atoms with Gasteiger partial charge in [-0.25, -0.2) is 4.98 Å². The molecule has 0 bridgehead atoms. The molecule has 0 amide bonds. The molecule has 0 saturated carbocycles. The molecule has 0 unspecified atom stereocenters. The van der Waals surface area contributed by atoms with Crippen LogP contribution in [0.5, 0.6) is 0 Å². The zero-order chi connectivity index (χ0) is 9.47. The molecular weight excluding hydrogens is 219 g/mol. The van der Waals surface area contributed by atoms with Gasteiger partial charge < -0.3 is 17.9 Å². The van der Waals surface area contributed by atoms with Crippen molar-refractivity contribution in [3.63, 3.8) is 0 Å². The second-order valence-electron chi connectivity index (χ2n) is 2.72. The molecule has 2 nitrogen and oxygen atoms in total. The molecule has 2 aromatic rings. The summed E-state index contributed by atoms with van der Waals surface area (Å²) in [6.45, 7) is -4.95. The molecule has 2 aromatic heterocycles. The van der Waals surface area contributed by atoms with Gasteiger partial charge in [0.15, 0.2) is 0 Å². The van der Waals surface area contributed by atoms with Gasteiger partial charge in [0.2, 0.25) is 0 Å². The Kier molecular flexibility index (Phi) is 3.82. The Morgan fingerprint density at radius 2 is 2.00 bits per heavy atom. The second-order valence-corrected chi connectivity index (χ2v) is 2.72. The smallest absolute Gasteiger partial charge is 0.445 e. The fourth-order valence-electron chi connectivity index (χ4n) is 1.25. The summed E-state index contributed by atoms with van der Waals surface area (Å²) in [4.78, 5) is 6.25. The van der Waals surface area contributed by atoms with Crippen LogP contribution in [0.25, 0.3) is 11.0 Å². The molecule has 0 saturated heterocycles. The van der Waals surface area contributed by atoms with Gasteiger partial charge in [0, 0.05) is 6.20 Å². The van der Waals surface area contributed by atoms with E-state index >= 15 is 0 Å². The van der Waals surface area contributed by atoms with E-state index in [0.29, 0.717) is 0 Å². The van der Waals surface area contributed by atoms with Crippen LogP contribution >= 0.6 is 0 Å². The van der Waals surface area contributed by atoms with Crippen molar-refractivity contribution >= 4 is 23.5 Å². The van der Waals surface area contributed by atoms with Crippen molar-refractivity contribution in [2.45, 2.75) is 0 Å². The van der Waals surface area contributed by atoms with Gasteiger partial charge in [-0.15, -0.1) is 0 Å². The van der Waals surface area contributed by atoms with Crippen molar-refractivity contribution in [1.82, 2.24) is 9.97 Å². The first kappa shape index (κ1) is 12.3. The van der Waals surface area contributed by atoms with Crippen LogP contribution < -0.4 is 56.8 Å². The van der Waals surface area contributed by atoms with E-state index < -0.39 is 12.4 Å². The Morgan fingerprint density at radius 3 is 2.64 bits per heavy atom. The van der Waals surface area contributed by atoms with E-state index in [9.17, 15) is 12.9 Å². The van der Waals surface area contributed by atoms with Crippen LogP contribution in [-0.4, -0.2) is 16.9 Å². The summed E-state index contributed by atoms with van der Waals surface area (Å²) in [7, 11) is 0. The van der Waals surface area contributed by atoms with Crippen molar-refractivity contribution in [2.75, 3.05) is 0 Å². The number of aromatic amines is 1. The summed E-state index contributed by atoms with van der Waals surface area (Å²) in [5, 5.41) is 0.134. The Morgan fingerprint density at radius 1 is 1.29 bits per heavy atom. The zero-order valence-electron chi connectivity index (χ0n) is 7.47. The topological polar surface area (TPSA) is 28.7 Å². The minimum absolute atomic E-state index is 0. The van der Waals surface area contributed by atoms with Crippen LogP contribution in [0.3, 0.4) is 0 Å². The van der Waals surface area contributed by atoms with E-state index in [1.165, 1.54) is 18.3 Å². The molecule has 7 heteroatoms. The van der Waals surface area contributed by atoms with Crippen molar-refractivity contribution in [1.29, 1.82) is 0 Å². The number of halogens is 3. The van der Waals surface area contributed by atoms with Gasteiger partial charge in [-0.3, -0.25) is 0 Å². The molecule has 0 aromatic carbocycles. The fraction of sp³-hybridized carbons (Fsp3) is 0. The van der Waals surface area contributed by atoms with Crippen LogP contribution in [0.4, 0.5) is 12.9 Å². The largest absolute Gasteiger partial charge is 1.00 e. The number of H-pyrrole nitrogens is 1. The van der Waals surface area contributed by atoms with Gasteiger partial charge in [-0.1, -0.05) is 11.5 Å². The zero-order valence-corrected chi connectivity index (χ0v) is 10.6. The molecule has 1 N–H and O–H groups in total. The molecule has 2 rings (SSSR count). The molecule has 0 aliphatic carbocycles. The average Bonchev–Trinajstić information content (AvgIpc) is 2.45. The van der Waals surface area contributed by atoms with E-state index in [0.717, 1.165) is 6.20 Å². The number of hydrogen-bond donors (Lipinski definition) is 1. The van der Waals surface area contributed by atoms with Crippen LogP contribution in [0.15, 0.2) is 24.5 Å². The van der Waals surface area contributed by atoms with E-state index in [-0.39, 0.29) is 62.4 Å². The summed E-state index contributed by atoms with van der Waals surface area (Å²) < 4.78 is 37.1. The first-order valence-corrected chi connectivity index (χ1v) is 3.71. The first-order valence-electron chi connectivity index (χ1n) is 3.71. The molecule has 0 aliphatic heterocycles. The molecular formula is C7H5BF3KN2. The SMILES string of the molecule is F[B-](F)(F)c1c[nH]c2ncccc12.[K+]. The van der Waals surface area contributed by atoms with E-state index in [1.807, 2.05) is 0 Å². The standard InChI is InChI=1S/C7H5BF3N2.K/c9-8(10,11)6-4-13-7-5(6)2-1-3-12-7;/h1-4H,(H,12,13);/q-1;+1.